The van der Waals surface area contributed by atoms with Gasteiger partial charge in [-0.2, -0.15) is 0 Å². The highest BCUT2D eigenvalue weighted by molar-refractivity contribution is 5.91. The zero-order chi connectivity index (χ0) is 15.1. The van der Waals surface area contributed by atoms with Gasteiger partial charge in [-0.25, -0.2) is 0 Å². The lowest BCUT2D eigenvalue weighted by Crippen LogP contribution is -2.26. The summed E-state index contributed by atoms with van der Waals surface area (Å²) in [5.41, 5.74) is 1.58. The highest BCUT2D eigenvalue weighted by Crippen LogP contribution is 2.11. The maximum atomic E-state index is 11.7. The molecule has 4 nitrogen and oxygen atoms in total. The van der Waals surface area contributed by atoms with Crippen LogP contribution in [-0.2, 0) is 4.79 Å². The highest BCUT2D eigenvalue weighted by atomic mass is 16.3. The van der Waals surface area contributed by atoms with E-state index in [4.69, 9.17) is 5.11 Å². The summed E-state index contributed by atoms with van der Waals surface area (Å²) >= 11 is 0. The summed E-state index contributed by atoms with van der Waals surface area (Å²) < 4.78 is 0. The molecule has 0 saturated carbocycles. The number of aromatic hydroxyl groups is 1. The lowest BCUT2D eigenvalue weighted by molar-refractivity contribution is -0.116. The van der Waals surface area contributed by atoms with Crippen LogP contribution in [0.25, 0.3) is 6.08 Å². The summed E-state index contributed by atoms with van der Waals surface area (Å²) in [6.45, 7) is 0.156. The minimum Gasteiger partial charge on any atom is -0.508 e. The standard InChI is InChI=1S/C17H17NO3/c19-15-9-6-13(7-10-15)8-11-17(21)18-12-16(20)14-4-2-1-3-5-14/h1-11,16,19-20H,12H2,(H,18,21)/b11-8+/t16-/m1/s1. The summed E-state index contributed by atoms with van der Waals surface area (Å²) in [6, 6.07) is 15.7. The van der Waals surface area contributed by atoms with Gasteiger partial charge in [0.1, 0.15) is 5.75 Å². The van der Waals surface area contributed by atoms with Gasteiger partial charge in [-0.05, 0) is 29.3 Å². The molecule has 1 atom stereocenters. The van der Waals surface area contributed by atoms with Crippen molar-refractivity contribution in [1.82, 2.24) is 5.32 Å². The fourth-order valence-electron chi connectivity index (χ4n) is 1.81. The summed E-state index contributed by atoms with van der Waals surface area (Å²) in [4.78, 5) is 11.7. The van der Waals surface area contributed by atoms with Gasteiger partial charge in [-0.15, -0.1) is 0 Å². The number of hydrogen-bond acceptors (Lipinski definition) is 3. The largest absolute Gasteiger partial charge is 0.508 e. The van der Waals surface area contributed by atoms with Gasteiger partial charge in [0, 0.05) is 12.6 Å². The minimum atomic E-state index is -0.725. The molecule has 108 valence electrons. The van der Waals surface area contributed by atoms with Crippen molar-refractivity contribution in [3.8, 4) is 5.75 Å². The highest BCUT2D eigenvalue weighted by Gasteiger charge is 2.07. The van der Waals surface area contributed by atoms with Crippen LogP contribution in [0.1, 0.15) is 17.2 Å². The summed E-state index contributed by atoms with van der Waals surface area (Å²) in [5.74, 6) is -0.0966. The third-order valence-electron chi connectivity index (χ3n) is 2.97. The van der Waals surface area contributed by atoms with Crippen LogP contribution < -0.4 is 5.32 Å². The van der Waals surface area contributed by atoms with Gasteiger partial charge >= 0.3 is 0 Å². The van der Waals surface area contributed by atoms with E-state index in [0.29, 0.717) is 0 Å². The van der Waals surface area contributed by atoms with E-state index in [1.165, 1.54) is 6.08 Å². The number of carbonyl (C=O) groups excluding carboxylic acids is 1. The van der Waals surface area contributed by atoms with Crippen molar-refractivity contribution in [2.75, 3.05) is 6.54 Å². The van der Waals surface area contributed by atoms with E-state index < -0.39 is 6.10 Å². The molecule has 0 spiro atoms. The molecule has 21 heavy (non-hydrogen) atoms. The van der Waals surface area contributed by atoms with Gasteiger partial charge in [0.15, 0.2) is 0 Å². The van der Waals surface area contributed by atoms with Crippen molar-refractivity contribution in [2.24, 2.45) is 0 Å². The number of hydrogen-bond donors (Lipinski definition) is 3. The minimum absolute atomic E-state index is 0.156. The Hall–Kier alpha value is -2.59. The quantitative estimate of drug-likeness (QED) is 0.737. The molecule has 0 bridgehead atoms. The fourth-order valence-corrected chi connectivity index (χ4v) is 1.81. The molecule has 0 aromatic heterocycles. The topological polar surface area (TPSA) is 69.6 Å². The lowest BCUT2D eigenvalue weighted by atomic mass is 10.1. The van der Waals surface area contributed by atoms with Crippen molar-refractivity contribution in [2.45, 2.75) is 6.10 Å². The molecular weight excluding hydrogens is 266 g/mol. The van der Waals surface area contributed by atoms with Crippen LogP contribution in [-0.4, -0.2) is 22.7 Å². The van der Waals surface area contributed by atoms with E-state index in [2.05, 4.69) is 5.32 Å². The Balaban J connectivity index is 1.83. The number of aliphatic hydroxyl groups is 1. The van der Waals surface area contributed by atoms with Gasteiger partial charge in [0.25, 0.3) is 0 Å². The Kier molecular flexibility index (Phi) is 5.12. The van der Waals surface area contributed by atoms with E-state index in [1.807, 2.05) is 30.3 Å². The number of carbonyl (C=O) groups is 1. The number of phenolic OH excluding ortho intramolecular Hbond substituents is 1. The number of phenols is 1. The number of amides is 1. The number of rotatable bonds is 5. The van der Waals surface area contributed by atoms with Crippen molar-refractivity contribution in [1.29, 1.82) is 0 Å². The summed E-state index contributed by atoms with van der Waals surface area (Å²) in [5, 5.41) is 21.7. The molecule has 2 aromatic carbocycles. The van der Waals surface area contributed by atoms with Gasteiger partial charge in [0.2, 0.25) is 5.91 Å². The Morgan fingerprint density at radius 3 is 2.43 bits per heavy atom. The molecule has 0 aliphatic carbocycles. The average Bonchev–Trinajstić information content (AvgIpc) is 2.53. The monoisotopic (exact) mass is 283 g/mol. The van der Waals surface area contributed by atoms with E-state index in [9.17, 15) is 9.90 Å². The molecule has 3 N–H and O–H groups in total. The predicted molar refractivity (Wildman–Crippen MR) is 81.6 cm³/mol. The summed E-state index contributed by atoms with van der Waals surface area (Å²) in [6.07, 6.45) is 2.31. The van der Waals surface area contributed by atoms with Crippen LogP contribution in [0.4, 0.5) is 0 Å². The van der Waals surface area contributed by atoms with Crippen LogP contribution in [0.5, 0.6) is 5.75 Å². The number of benzene rings is 2. The third-order valence-corrected chi connectivity index (χ3v) is 2.97. The molecule has 0 saturated heterocycles. The molecular formula is C17H17NO3. The first-order valence-corrected chi connectivity index (χ1v) is 6.63. The van der Waals surface area contributed by atoms with Gasteiger partial charge < -0.3 is 15.5 Å². The van der Waals surface area contributed by atoms with Crippen molar-refractivity contribution >= 4 is 12.0 Å². The fraction of sp³-hybridized carbons (Fsp3) is 0.118. The van der Waals surface area contributed by atoms with Gasteiger partial charge in [0.05, 0.1) is 6.10 Å². The van der Waals surface area contributed by atoms with E-state index in [-0.39, 0.29) is 18.2 Å². The number of nitrogens with one attached hydrogen (secondary N) is 1. The first-order valence-electron chi connectivity index (χ1n) is 6.63. The van der Waals surface area contributed by atoms with E-state index >= 15 is 0 Å². The second kappa shape index (κ2) is 7.26. The Bertz CT molecular complexity index is 606. The second-order valence-corrected chi connectivity index (χ2v) is 4.60. The normalized spacial score (nSPS) is 12.2. The molecule has 4 heteroatoms. The molecule has 0 unspecified atom stereocenters. The molecule has 0 aliphatic rings. The second-order valence-electron chi connectivity index (χ2n) is 4.60. The number of aliphatic hydroxyl groups excluding tert-OH is 1. The van der Waals surface area contributed by atoms with Crippen molar-refractivity contribution < 1.29 is 15.0 Å². The van der Waals surface area contributed by atoms with Crippen LogP contribution in [0.2, 0.25) is 0 Å². The van der Waals surface area contributed by atoms with Crippen LogP contribution in [0.15, 0.2) is 60.7 Å². The maximum Gasteiger partial charge on any atom is 0.244 e. The Labute approximate surface area is 123 Å². The Morgan fingerprint density at radius 2 is 1.76 bits per heavy atom. The van der Waals surface area contributed by atoms with E-state index in [1.54, 1.807) is 30.3 Å². The molecule has 2 rings (SSSR count). The molecule has 0 heterocycles. The molecule has 1 amide bonds. The van der Waals surface area contributed by atoms with Crippen LogP contribution in [0.3, 0.4) is 0 Å². The van der Waals surface area contributed by atoms with Gasteiger partial charge in [-0.3, -0.25) is 4.79 Å². The average molecular weight is 283 g/mol. The zero-order valence-corrected chi connectivity index (χ0v) is 11.4. The molecule has 0 aliphatic heterocycles. The molecule has 0 radical (unpaired) electrons. The van der Waals surface area contributed by atoms with Crippen molar-refractivity contribution in [3.05, 3.63) is 71.8 Å². The first kappa shape index (κ1) is 14.8. The molecule has 2 aromatic rings. The molecule has 0 fully saturated rings. The zero-order valence-electron chi connectivity index (χ0n) is 11.4. The Morgan fingerprint density at radius 1 is 1.10 bits per heavy atom. The van der Waals surface area contributed by atoms with Crippen LogP contribution in [0, 0.1) is 0 Å². The van der Waals surface area contributed by atoms with E-state index in [0.717, 1.165) is 11.1 Å². The lowest BCUT2D eigenvalue weighted by Gasteiger charge is -2.10. The van der Waals surface area contributed by atoms with Crippen LogP contribution >= 0.6 is 0 Å². The van der Waals surface area contributed by atoms with Gasteiger partial charge in [-0.1, -0.05) is 42.5 Å². The van der Waals surface area contributed by atoms with Crippen molar-refractivity contribution in [3.63, 3.8) is 0 Å². The SMILES string of the molecule is O=C(/C=C/c1ccc(O)cc1)NC[C@@H](O)c1ccccc1. The smallest absolute Gasteiger partial charge is 0.244 e. The summed E-state index contributed by atoms with van der Waals surface area (Å²) in [7, 11) is 0. The third kappa shape index (κ3) is 4.78. The first-order chi connectivity index (χ1) is 10.1. The predicted octanol–water partition coefficient (Wildman–Crippen LogP) is 2.26. The maximum absolute atomic E-state index is 11.7.